The molecule has 4 heterocycles. The van der Waals surface area contributed by atoms with Gasteiger partial charge in [0.2, 0.25) is 15.9 Å². The number of nitrogens with zero attached hydrogens (tertiary/aromatic N) is 5. The first kappa shape index (κ1) is 30.2. The molecule has 5 rings (SSSR count). The number of anilines is 1. The van der Waals surface area contributed by atoms with Crippen molar-refractivity contribution in [3.05, 3.63) is 57.4 Å². The molecule has 0 saturated carbocycles. The summed E-state index contributed by atoms with van der Waals surface area (Å²) in [5.74, 6) is 0.395. The molecule has 3 aromatic heterocycles. The Bertz CT molecular complexity index is 1780. The third-order valence-electron chi connectivity index (χ3n) is 7.98. The first-order valence-corrected chi connectivity index (χ1v) is 16.3. The maximum absolute atomic E-state index is 12.4. The summed E-state index contributed by atoms with van der Waals surface area (Å²) in [6.07, 6.45) is 2.43. The van der Waals surface area contributed by atoms with E-state index in [1.165, 1.54) is 0 Å². The topological polar surface area (TPSA) is 142 Å². The number of imidazole rings is 1. The van der Waals surface area contributed by atoms with Crippen LogP contribution >= 0.6 is 15.9 Å². The monoisotopic (exact) mass is 656 g/mol. The molecule has 1 aliphatic rings. The number of halogens is 1. The number of fused-ring (bicyclic) bond motifs is 1. The molecule has 0 bridgehead atoms. The molecular weight excluding hydrogens is 620 g/mol. The van der Waals surface area contributed by atoms with Gasteiger partial charge in [0, 0.05) is 48.0 Å². The van der Waals surface area contributed by atoms with Crippen molar-refractivity contribution in [1.82, 2.24) is 28.7 Å². The highest BCUT2D eigenvalue weighted by Crippen LogP contribution is 2.35. The molecule has 0 radical (unpaired) electrons. The van der Waals surface area contributed by atoms with Crippen molar-refractivity contribution in [3.63, 3.8) is 0 Å². The van der Waals surface area contributed by atoms with Gasteiger partial charge < -0.3 is 20.6 Å². The van der Waals surface area contributed by atoms with Crippen LogP contribution in [0.3, 0.4) is 0 Å². The largest absolute Gasteiger partial charge is 0.378 e. The molecule has 2 atom stereocenters. The van der Waals surface area contributed by atoms with Crippen LogP contribution in [0, 0.1) is 20.8 Å². The second-order valence-corrected chi connectivity index (χ2v) is 14.2. The number of carbonyl (C=O) groups excluding carboxylic acids is 1. The molecule has 0 aliphatic carbocycles. The van der Waals surface area contributed by atoms with Crippen LogP contribution in [0.1, 0.15) is 41.9 Å². The summed E-state index contributed by atoms with van der Waals surface area (Å²) in [6, 6.07) is 7.55. The molecule has 11 nitrogen and oxygen atoms in total. The fourth-order valence-corrected chi connectivity index (χ4v) is 7.45. The highest BCUT2D eigenvalue weighted by molar-refractivity contribution is 9.10. The summed E-state index contributed by atoms with van der Waals surface area (Å²) in [5.41, 5.74) is 13.7. The third kappa shape index (κ3) is 5.46. The van der Waals surface area contributed by atoms with E-state index in [1.54, 1.807) is 17.4 Å². The lowest BCUT2D eigenvalue weighted by molar-refractivity contribution is -0.122. The number of hydrogen-bond acceptors (Lipinski definition) is 7. The Hall–Kier alpha value is -3.26. The Balaban J connectivity index is 1.49. The predicted molar refractivity (Wildman–Crippen MR) is 169 cm³/mol. The number of rotatable bonds is 9. The second kappa shape index (κ2) is 11.4. The first-order valence-electron chi connectivity index (χ1n) is 13.9. The zero-order chi connectivity index (χ0) is 30.5. The number of aromatic amines is 1. The fraction of sp³-hybridized carbons (Fsp3) is 0.414. The lowest BCUT2D eigenvalue weighted by Gasteiger charge is -2.23. The van der Waals surface area contributed by atoms with E-state index < -0.39 is 22.0 Å². The molecule has 1 fully saturated rings. The van der Waals surface area contributed by atoms with Gasteiger partial charge in [0.05, 0.1) is 15.9 Å². The molecule has 13 heteroatoms. The van der Waals surface area contributed by atoms with Crippen molar-refractivity contribution in [2.45, 2.75) is 46.2 Å². The summed E-state index contributed by atoms with van der Waals surface area (Å²) in [5, 5.41) is 3.53. The van der Waals surface area contributed by atoms with E-state index in [0.29, 0.717) is 31.0 Å². The highest BCUT2D eigenvalue weighted by atomic mass is 79.9. The van der Waals surface area contributed by atoms with Crippen LogP contribution < -0.4 is 11.1 Å². The maximum atomic E-state index is 12.4. The number of hydrogen-bond donors (Lipinski definition) is 3. The zero-order valence-electron chi connectivity index (χ0n) is 24.7. The zero-order valence-corrected chi connectivity index (χ0v) is 27.1. The van der Waals surface area contributed by atoms with Gasteiger partial charge in [-0.1, -0.05) is 12.1 Å². The number of primary amides is 1. The van der Waals surface area contributed by atoms with Gasteiger partial charge in [0.15, 0.2) is 5.65 Å². The minimum absolute atomic E-state index is 0.0300. The maximum Gasteiger partial charge on any atom is 0.239 e. The third-order valence-corrected chi connectivity index (χ3v) is 10.4. The number of aryl methyl sites for hydroxylation is 2. The standard InChI is InChI=1S/C29H37BrN8O3S/c1-7-42(40,41)37-11-10-20(15-37)33-24-22(30)14-32-29-25(24)34-28(35-29)21-13-17(3)38(18(21)4)23-9-8-19(12-16(23)2)26(27(31)39)36(5)6/h8-9,12-14,20,26H,7,10-11,15H2,1-6H3,(H2,31,39)(H2,32,33,34,35)/t20-,26?/m0/s1. The van der Waals surface area contributed by atoms with Crippen LogP contribution in [-0.2, 0) is 14.8 Å². The minimum atomic E-state index is -3.23. The molecular formula is C29H37BrN8O3S. The summed E-state index contributed by atoms with van der Waals surface area (Å²) in [6.45, 7) is 8.72. The van der Waals surface area contributed by atoms with Gasteiger partial charge in [0.25, 0.3) is 0 Å². The van der Waals surface area contributed by atoms with Gasteiger partial charge in [-0.05, 0) is 87.4 Å². The van der Waals surface area contributed by atoms with E-state index in [9.17, 15) is 13.2 Å². The van der Waals surface area contributed by atoms with Crippen molar-refractivity contribution < 1.29 is 13.2 Å². The lowest BCUT2D eigenvalue weighted by atomic mass is 10.0. The van der Waals surface area contributed by atoms with Crippen LogP contribution in [0.2, 0.25) is 0 Å². The number of nitrogens with two attached hydrogens (primary N) is 1. The van der Waals surface area contributed by atoms with E-state index in [-0.39, 0.29) is 11.8 Å². The molecule has 224 valence electrons. The highest BCUT2D eigenvalue weighted by Gasteiger charge is 2.31. The molecule has 0 spiro atoms. The molecule has 42 heavy (non-hydrogen) atoms. The Morgan fingerprint density at radius 3 is 2.64 bits per heavy atom. The molecule has 1 amide bonds. The van der Waals surface area contributed by atoms with Crippen LogP contribution in [-0.4, -0.2) is 82.0 Å². The lowest BCUT2D eigenvalue weighted by Crippen LogP contribution is -2.32. The second-order valence-electron chi connectivity index (χ2n) is 11.1. The van der Waals surface area contributed by atoms with Gasteiger partial charge >= 0.3 is 0 Å². The fourth-order valence-electron chi connectivity index (χ4n) is 5.88. The van der Waals surface area contributed by atoms with E-state index in [1.807, 2.05) is 44.1 Å². The number of likely N-dealkylation sites (N-methyl/N-ethyl adjacent to an activating group) is 1. The average molecular weight is 658 g/mol. The summed E-state index contributed by atoms with van der Waals surface area (Å²) >= 11 is 3.62. The molecule has 4 aromatic rings. The van der Waals surface area contributed by atoms with Crippen molar-refractivity contribution in [1.29, 1.82) is 0 Å². The van der Waals surface area contributed by atoms with E-state index >= 15 is 0 Å². The summed E-state index contributed by atoms with van der Waals surface area (Å²) in [4.78, 5) is 26.7. The number of aromatic nitrogens is 4. The van der Waals surface area contributed by atoms with E-state index in [0.717, 1.165) is 49.4 Å². The summed E-state index contributed by atoms with van der Waals surface area (Å²) in [7, 11) is 0.448. The SMILES string of the molecule is CCS(=O)(=O)N1CC[C@H](Nc2c(Br)cnc3nc(-c4cc(C)n(-c5ccc(C(C(N)=O)N(C)C)cc5C)c4C)[nH]c23)C1. The van der Waals surface area contributed by atoms with Crippen molar-refractivity contribution in [3.8, 4) is 17.1 Å². The number of sulfonamides is 1. The van der Waals surface area contributed by atoms with E-state index in [2.05, 4.69) is 55.7 Å². The number of nitrogens with one attached hydrogen (secondary N) is 2. The normalized spacial score (nSPS) is 16.9. The first-order chi connectivity index (χ1) is 19.8. The van der Waals surface area contributed by atoms with Gasteiger partial charge in [0.1, 0.15) is 17.4 Å². The minimum Gasteiger partial charge on any atom is -0.378 e. The summed E-state index contributed by atoms with van der Waals surface area (Å²) < 4.78 is 29.2. The number of amides is 1. The van der Waals surface area contributed by atoms with Crippen LogP contribution in [0.15, 0.2) is 34.9 Å². The van der Waals surface area contributed by atoms with Crippen molar-refractivity contribution in [2.75, 3.05) is 38.3 Å². The smallest absolute Gasteiger partial charge is 0.239 e. The van der Waals surface area contributed by atoms with Crippen molar-refractivity contribution in [2.24, 2.45) is 5.73 Å². The van der Waals surface area contributed by atoms with Crippen LogP contribution in [0.5, 0.6) is 0 Å². The Labute approximate surface area is 254 Å². The number of pyridine rings is 1. The number of carbonyl (C=O) groups is 1. The van der Waals surface area contributed by atoms with Gasteiger partial charge in [-0.15, -0.1) is 0 Å². The number of H-pyrrole nitrogens is 1. The van der Waals surface area contributed by atoms with Gasteiger partial charge in [-0.2, -0.15) is 4.31 Å². The molecule has 1 unspecified atom stereocenters. The van der Waals surface area contributed by atoms with Gasteiger partial charge in [-0.25, -0.2) is 18.4 Å². The van der Waals surface area contributed by atoms with Crippen molar-refractivity contribution >= 4 is 48.7 Å². The predicted octanol–water partition coefficient (Wildman–Crippen LogP) is 4.03. The van der Waals surface area contributed by atoms with Crippen LogP contribution in [0.4, 0.5) is 5.69 Å². The average Bonchev–Trinajstić information content (AvgIpc) is 3.64. The number of benzene rings is 1. The van der Waals surface area contributed by atoms with E-state index in [4.69, 9.17) is 10.7 Å². The molecule has 1 saturated heterocycles. The molecule has 1 aliphatic heterocycles. The molecule has 4 N–H and O–H groups in total. The van der Waals surface area contributed by atoms with Crippen LogP contribution in [0.25, 0.3) is 28.2 Å². The van der Waals surface area contributed by atoms with Gasteiger partial charge in [-0.3, -0.25) is 9.69 Å². The molecule has 1 aromatic carbocycles. The Kier molecular flexibility index (Phi) is 8.23. The Morgan fingerprint density at radius 2 is 2.00 bits per heavy atom. The Morgan fingerprint density at radius 1 is 1.26 bits per heavy atom. The quantitative estimate of drug-likeness (QED) is 0.247.